The van der Waals surface area contributed by atoms with Crippen LogP contribution in [0, 0.1) is 0 Å². The van der Waals surface area contributed by atoms with Crippen LogP contribution in [0.4, 0.5) is 5.69 Å². The van der Waals surface area contributed by atoms with E-state index in [2.05, 4.69) is 16.8 Å². The van der Waals surface area contributed by atoms with Crippen LogP contribution in [0.3, 0.4) is 0 Å². The smallest absolute Gasteiger partial charge is 0.255 e. The molecule has 4 heteroatoms. The van der Waals surface area contributed by atoms with E-state index in [1.165, 1.54) is 0 Å². The number of carbonyl (C=O) groups excluding carboxylic acids is 1. The van der Waals surface area contributed by atoms with Crippen molar-refractivity contribution in [2.75, 3.05) is 25.0 Å². The van der Waals surface area contributed by atoms with E-state index in [0.717, 1.165) is 30.6 Å². The summed E-state index contributed by atoms with van der Waals surface area (Å²) in [5, 5.41) is 0. The third-order valence-corrected chi connectivity index (χ3v) is 4.14. The maximum atomic E-state index is 12.8. The monoisotopic (exact) mass is 325 g/mol. The molecular formula is C20H27N3O. The first-order valence-corrected chi connectivity index (χ1v) is 8.65. The third-order valence-electron chi connectivity index (χ3n) is 4.14. The Hall–Kier alpha value is -2.36. The van der Waals surface area contributed by atoms with Crippen molar-refractivity contribution >= 4 is 11.6 Å². The maximum absolute atomic E-state index is 12.8. The maximum Gasteiger partial charge on any atom is 0.255 e. The van der Waals surface area contributed by atoms with Crippen molar-refractivity contribution in [3.8, 4) is 0 Å². The van der Waals surface area contributed by atoms with Crippen molar-refractivity contribution in [1.82, 2.24) is 9.88 Å². The van der Waals surface area contributed by atoms with Crippen LogP contribution in [-0.4, -0.2) is 35.9 Å². The molecule has 0 aliphatic carbocycles. The summed E-state index contributed by atoms with van der Waals surface area (Å²) >= 11 is 0. The highest BCUT2D eigenvalue weighted by Gasteiger charge is 2.16. The molecule has 0 atom stereocenters. The van der Waals surface area contributed by atoms with E-state index in [-0.39, 0.29) is 5.91 Å². The van der Waals surface area contributed by atoms with Crippen molar-refractivity contribution < 1.29 is 4.79 Å². The van der Waals surface area contributed by atoms with Gasteiger partial charge in [0.05, 0.1) is 17.4 Å². The number of aromatic nitrogens is 1. The number of rotatable bonds is 8. The topological polar surface area (TPSA) is 36.4 Å². The van der Waals surface area contributed by atoms with Gasteiger partial charge in [-0.3, -0.25) is 9.78 Å². The number of unbranched alkanes of at least 4 members (excludes halogenated alkanes) is 1. The van der Waals surface area contributed by atoms with Gasteiger partial charge in [-0.15, -0.1) is 0 Å². The van der Waals surface area contributed by atoms with Crippen LogP contribution in [0.1, 0.15) is 42.6 Å². The molecular weight excluding hydrogens is 298 g/mol. The van der Waals surface area contributed by atoms with Crippen LogP contribution in [0.15, 0.2) is 48.8 Å². The molecule has 0 fully saturated rings. The average Bonchev–Trinajstić information content (AvgIpc) is 2.64. The molecule has 0 aliphatic heterocycles. The fourth-order valence-corrected chi connectivity index (χ4v) is 2.59. The van der Waals surface area contributed by atoms with Crippen LogP contribution in [0.5, 0.6) is 0 Å². The SMILES string of the molecule is CCCCN(C)c1cncc(C(=O)N(CC)Cc2ccccc2)c1. The molecule has 0 bridgehead atoms. The van der Waals surface area contributed by atoms with Gasteiger partial charge in [0.25, 0.3) is 5.91 Å². The second-order valence-electron chi connectivity index (χ2n) is 6.01. The number of nitrogens with zero attached hydrogens (tertiary/aromatic N) is 3. The standard InChI is InChI=1S/C20H27N3O/c1-4-6-12-22(3)19-13-18(14-21-15-19)20(24)23(5-2)16-17-10-8-7-9-11-17/h7-11,13-15H,4-6,12,16H2,1-3H3. The second kappa shape index (κ2) is 9.06. The summed E-state index contributed by atoms with van der Waals surface area (Å²) in [4.78, 5) is 21.1. The Kier molecular flexibility index (Phi) is 6.79. The predicted molar refractivity (Wildman–Crippen MR) is 99.3 cm³/mol. The third kappa shape index (κ3) is 4.82. The van der Waals surface area contributed by atoms with Crippen LogP contribution in [0.2, 0.25) is 0 Å². The van der Waals surface area contributed by atoms with Crippen molar-refractivity contribution in [2.24, 2.45) is 0 Å². The zero-order chi connectivity index (χ0) is 17.4. The quantitative estimate of drug-likeness (QED) is 0.736. The summed E-state index contributed by atoms with van der Waals surface area (Å²) in [5.41, 5.74) is 2.77. The van der Waals surface area contributed by atoms with Crippen molar-refractivity contribution in [2.45, 2.75) is 33.2 Å². The van der Waals surface area contributed by atoms with Crippen LogP contribution >= 0.6 is 0 Å². The number of carbonyl (C=O) groups is 1. The zero-order valence-corrected chi connectivity index (χ0v) is 14.9. The molecule has 1 aromatic carbocycles. The van der Waals surface area contributed by atoms with Crippen molar-refractivity contribution in [1.29, 1.82) is 0 Å². The van der Waals surface area contributed by atoms with E-state index in [0.29, 0.717) is 18.7 Å². The summed E-state index contributed by atoms with van der Waals surface area (Å²) in [6.07, 6.45) is 5.76. The highest BCUT2D eigenvalue weighted by atomic mass is 16.2. The lowest BCUT2D eigenvalue weighted by Crippen LogP contribution is -2.30. The second-order valence-corrected chi connectivity index (χ2v) is 6.01. The Morgan fingerprint density at radius 3 is 2.54 bits per heavy atom. The molecule has 0 aliphatic rings. The van der Waals surface area contributed by atoms with Gasteiger partial charge in [-0.2, -0.15) is 0 Å². The van der Waals surface area contributed by atoms with Crippen LogP contribution in [-0.2, 0) is 6.54 Å². The number of pyridine rings is 1. The molecule has 4 nitrogen and oxygen atoms in total. The minimum absolute atomic E-state index is 0.0274. The fraction of sp³-hybridized carbons (Fsp3) is 0.400. The predicted octanol–water partition coefficient (Wildman–Crippen LogP) is 3.98. The Labute approximate surface area is 145 Å². The Bertz CT molecular complexity index is 642. The Balaban J connectivity index is 2.12. The number of benzene rings is 1. The molecule has 24 heavy (non-hydrogen) atoms. The minimum Gasteiger partial charge on any atom is -0.373 e. The molecule has 1 heterocycles. The van der Waals surface area contributed by atoms with E-state index < -0.39 is 0 Å². The normalized spacial score (nSPS) is 10.5. The Morgan fingerprint density at radius 1 is 1.12 bits per heavy atom. The summed E-state index contributed by atoms with van der Waals surface area (Å²) in [6, 6.07) is 12.0. The number of hydrogen-bond acceptors (Lipinski definition) is 3. The summed E-state index contributed by atoms with van der Waals surface area (Å²) < 4.78 is 0. The molecule has 0 unspecified atom stereocenters. The van der Waals surface area contributed by atoms with Gasteiger partial charge in [0.15, 0.2) is 0 Å². The number of hydrogen-bond donors (Lipinski definition) is 0. The van der Waals surface area contributed by atoms with Gasteiger partial charge in [0.2, 0.25) is 0 Å². The first-order chi connectivity index (χ1) is 11.7. The fourth-order valence-electron chi connectivity index (χ4n) is 2.59. The van der Waals surface area contributed by atoms with E-state index in [9.17, 15) is 4.79 Å². The summed E-state index contributed by atoms with van der Waals surface area (Å²) in [7, 11) is 2.04. The first kappa shape index (κ1) is 18.0. The van der Waals surface area contributed by atoms with Gasteiger partial charge < -0.3 is 9.80 Å². The highest BCUT2D eigenvalue weighted by Crippen LogP contribution is 2.16. The number of amides is 1. The van der Waals surface area contributed by atoms with Crippen LogP contribution in [0.25, 0.3) is 0 Å². The molecule has 0 saturated heterocycles. The molecule has 1 aromatic heterocycles. The van der Waals surface area contributed by atoms with Crippen molar-refractivity contribution in [3.05, 3.63) is 59.9 Å². The van der Waals surface area contributed by atoms with E-state index >= 15 is 0 Å². The molecule has 0 N–H and O–H groups in total. The summed E-state index contributed by atoms with van der Waals surface area (Å²) in [6.45, 7) is 6.44. The Morgan fingerprint density at radius 2 is 1.88 bits per heavy atom. The molecule has 2 rings (SSSR count). The largest absolute Gasteiger partial charge is 0.373 e. The lowest BCUT2D eigenvalue weighted by atomic mass is 10.1. The molecule has 1 amide bonds. The highest BCUT2D eigenvalue weighted by molar-refractivity contribution is 5.94. The molecule has 0 spiro atoms. The van der Waals surface area contributed by atoms with E-state index in [1.807, 2.05) is 61.5 Å². The van der Waals surface area contributed by atoms with Crippen molar-refractivity contribution in [3.63, 3.8) is 0 Å². The molecule has 2 aromatic rings. The molecule has 0 saturated carbocycles. The minimum atomic E-state index is 0.0274. The number of anilines is 1. The first-order valence-electron chi connectivity index (χ1n) is 8.65. The van der Waals surface area contributed by atoms with Crippen LogP contribution < -0.4 is 4.90 Å². The van der Waals surface area contributed by atoms with Gasteiger partial charge >= 0.3 is 0 Å². The van der Waals surface area contributed by atoms with Gasteiger partial charge in [0, 0.05) is 32.9 Å². The zero-order valence-electron chi connectivity index (χ0n) is 14.9. The molecule has 0 radical (unpaired) electrons. The van der Waals surface area contributed by atoms with Gasteiger partial charge in [-0.1, -0.05) is 43.7 Å². The van der Waals surface area contributed by atoms with Gasteiger partial charge in [-0.05, 0) is 25.0 Å². The lowest BCUT2D eigenvalue weighted by molar-refractivity contribution is 0.0752. The van der Waals surface area contributed by atoms with Gasteiger partial charge in [-0.25, -0.2) is 0 Å². The van der Waals surface area contributed by atoms with Gasteiger partial charge in [0.1, 0.15) is 0 Å². The lowest BCUT2D eigenvalue weighted by Gasteiger charge is -2.23. The van der Waals surface area contributed by atoms with E-state index in [1.54, 1.807) is 6.20 Å². The molecule has 128 valence electrons. The van der Waals surface area contributed by atoms with E-state index in [4.69, 9.17) is 0 Å². The average molecular weight is 325 g/mol. The summed E-state index contributed by atoms with van der Waals surface area (Å²) in [5.74, 6) is 0.0274.